The number of benzene rings is 1. The van der Waals surface area contributed by atoms with E-state index in [1.165, 1.54) is 0 Å². The number of nitrogens with zero attached hydrogens (tertiary/aromatic N) is 2. The zero-order valence-corrected chi connectivity index (χ0v) is 11.4. The highest BCUT2D eigenvalue weighted by atomic mass is 16.3. The van der Waals surface area contributed by atoms with Gasteiger partial charge in [-0.3, -0.25) is 4.68 Å². The van der Waals surface area contributed by atoms with Crippen molar-refractivity contribution in [1.82, 2.24) is 15.1 Å². The van der Waals surface area contributed by atoms with Crippen molar-refractivity contribution in [3.63, 3.8) is 0 Å². The molecule has 0 saturated carbocycles. The van der Waals surface area contributed by atoms with Crippen LogP contribution in [0.4, 0.5) is 0 Å². The van der Waals surface area contributed by atoms with Crippen LogP contribution in [0.1, 0.15) is 25.0 Å². The molecule has 0 radical (unpaired) electrons. The number of aromatic nitrogens is 2. The van der Waals surface area contributed by atoms with E-state index in [1.807, 2.05) is 23.9 Å². The van der Waals surface area contributed by atoms with Crippen LogP contribution in [0.5, 0.6) is 0 Å². The minimum absolute atomic E-state index is 0.610. The maximum absolute atomic E-state index is 10.8. The van der Waals surface area contributed by atoms with Gasteiger partial charge in [0.15, 0.2) is 0 Å². The first-order valence-electron chi connectivity index (χ1n) is 7.02. The smallest absolute Gasteiger partial charge is 0.0731 e. The minimum Gasteiger partial charge on any atom is -0.389 e. The second-order valence-corrected chi connectivity index (χ2v) is 5.59. The summed E-state index contributed by atoms with van der Waals surface area (Å²) < 4.78 is 1.91. The molecule has 0 spiro atoms. The summed E-state index contributed by atoms with van der Waals surface area (Å²) in [6, 6.07) is 8.23. The Morgan fingerprint density at radius 3 is 3.05 bits per heavy atom. The Balaban J connectivity index is 1.92. The monoisotopic (exact) mass is 259 g/mol. The van der Waals surface area contributed by atoms with Crippen LogP contribution in [0, 0.1) is 0 Å². The molecule has 1 aromatic heterocycles. The van der Waals surface area contributed by atoms with Crippen LogP contribution in [-0.2, 0) is 13.5 Å². The summed E-state index contributed by atoms with van der Waals surface area (Å²) >= 11 is 0. The van der Waals surface area contributed by atoms with Crippen LogP contribution in [0.3, 0.4) is 0 Å². The van der Waals surface area contributed by atoms with Gasteiger partial charge >= 0.3 is 0 Å². The molecule has 1 aliphatic heterocycles. The molecule has 0 bridgehead atoms. The molecule has 1 aromatic carbocycles. The fraction of sp³-hybridized carbons (Fsp3) is 0.533. The molecular weight excluding hydrogens is 238 g/mol. The second-order valence-electron chi connectivity index (χ2n) is 5.59. The summed E-state index contributed by atoms with van der Waals surface area (Å²) in [5.74, 6) is 0. The number of aliphatic hydroxyl groups is 1. The minimum atomic E-state index is -0.610. The van der Waals surface area contributed by atoms with E-state index in [0.717, 1.165) is 48.9 Å². The summed E-state index contributed by atoms with van der Waals surface area (Å²) in [6.07, 6.45) is 3.33. The number of aryl methyl sites for hydroxylation is 1. The Kier molecular flexibility index (Phi) is 3.29. The summed E-state index contributed by atoms with van der Waals surface area (Å²) in [6.45, 7) is 1.90. The highest BCUT2D eigenvalue weighted by Gasteiger charge is 2.30. The fourth-order valence-electron chi connectivity index (χ4n) is 3.02. The van der Waals surface area contributed by atoms with Crippen molar-refractivity contribution in [2.24, 2.45) is 7.05 Å². The number of fused-ring (bicyclic) bond motifs is 1. The molecule has 1 unspecified atom stereocenters. The highest BCUT2D eigenvalue weighted by Crippen LogP contribution is 2.27. The molecule has 102 valence electrons. The lowest BCUT2D eigenvalue weighted by molar-refractivity contribution is 0.0277. The molecule has 4 heteroatoms. The summed E-state index contributed by atoms with van der Waals surface area (Å²) in [7, 11) is 1.96. The van der Waals surface area contributed by atoms with Gasteiger partial charge in [-0.2, -0.15) is 5.10 Å². The van der Waals surface area contributed by atoms with E-state index in [-0.39, 0.29) is 0 Å². The number of rotatable bonds is 2. The van der Waals surface area contributed by atoms with Crippen LogP contribution < -0.4 is 5.32 Å². The molecule has 0 amide bonds. The molecule has 1 aliphatic rings. The topological polar surface area (TPSA) is 50.1 Å². The predicted molar refractivity (Wildman–Crippen MR) is 76.1 cm³/mol. The van der Waals surface area contributed by atoms with Gasteiger partial charge < -0.3 is 10.4 Å². The van der Waals surface area contributed by atoms with Gasteiger partial charge in [0.25, 0.3) is 0 Å². The van der Waals surface area contributed by atoms with E-state index in [9.17, 15) is 5.11 Å². The van der Waals surface area contributed by atoms with Gasteiger partial charge in [0.2, 0.25) is 0 Å². The van der Waals surface area contributed by atoms with E-state index in [4.69, 9.17) is 0 Å². The summed E-state index contributed by atoms with van der Waals surface area (Å²) in [4.78, 5) is 0. The fourth-order valence-corrected chi connectivity index (χ4v) is 3.02. The second kappa shape index (κ2) is 4.94. The van der Waals surface area contributed by atoms with Gasteiger partial charge in [0, 0.05) is 18.9 Å². The third kappa shape index (κ3) is 2.51. The molecule has 2 N–H and O–H groups in total. The van der Waals surface area contributed by atoms with Gasteiger partial charge in [-0.25, -0.2) is 0 Å². The number of hydrogen-bond donors (Lipinski definition) is 2. The predicted octanol–water partition coefficient (Wildman–Crippen LogP) is 1.62. The Morgan fingerprint density at radius 2 is 2.16 bits per heavy atom. The molecule has 4 nitrogen and oxygen atoms in total. The molecule has 19 heavy (non-hydrogen) atoms. The van der Waals surface area contributed by atoms with Gasteiger partial charge in [0.1, 0.15) is 0 Å². The van der Waals surface area contributed by atoms with Gasteiger partial charge in [-0.15, -0.1) is 0 Å². The van der Waals surface area contributed by atoms with Crippen LogP contribution in [-0.4, -0.2) is 33.6 Å². The van der Waals surface area contributed by atoms with Gasteiger partial charge in [-0.1, -0.05) is 18.2 Å². The Hall–Kier alpha value is -1.39. The number of para-hydroxylation sites is 1. The molecule has 2 aromatic rings. The molecule has 1 atom stereocenters. The van der Waals surface area contributed by atoms with Crippen molar-refractivity contribution in [2.75, 3.05) is 13.1 Å². The maximum atomic E-state index is 10.8. The quantitative estimate of drug-likeness (QED) is 0.861. The Bertz CT molecular complexity index is 568. The molecule has 3 rings (SSSR count). The van der Waals surface area contributed by atoms with Crippen molar-refractivity contribution >= 4 is 10.9 Å². The first-order chi connectivity index (χ1) is 9.18. The third-order valence-electron chi connectivity index (χ3n) is 4.09. The lowest BCUT2D eigenvalue weighted by atomic mass is 9.89. The van der Waals surface area contributed by atoms with Crippen LogP contribution in [0.2, 0.25) is 0 Å². The van der Waals surface area contributed by atoms with E-state index >= 15 is 0 Å². The zero-order valence-electron chi connectivity index (χ0n) is 11.4. The first-order valence-corrected chi connectivity index (χ1v) is 7.02. The molecule has 1 fully saturated rings. The van der Waals surface area contributed by atoms with Crippen molar-refractivity contribution in [3.8, 4) is 0 Å². The van der Waals surface area contributed by atoms with Gasteiger partial charge in [0.05, 0.1) is 16.8 Å². The Morgan fingerprint density at radius 1 is 1.32 bits per heavy atom. The highest BCUT2D eigenvalue weighted by molar-refractivity contribution is 5.81. The standard InChI is InChI=1S/C15H21N3O/c1-18-14-6-3-2-5-12(14)13(17-18)11-15(19)7-4-9-16-10-8-15/h2-3,5-6,16,19H,4,7-11H2,1H3. The average Bonchev–Trinajstić information content (AvgIpc) is 2.58. The largest absolute Gasteiger partial charge is 0.389 e. The van der Waals surface area contributed by atoms with E-state index in [1.54, 1.807) is 0 Å². The van der Waals surface area contributed by atoms with E-state index in [2.05, 4.69) is 22.5 Å². The molecule has 0 aliphatic carbocycles. The molecule has 1 saturated heterocycles. The third-order valence-corrected chi connectivity index (χ3v) is 4.09. The zero-order chi connectivity index (χ0) is 13.3. The molecular formula is C15H21N3O. The van der Waals surface area contributed by atoms with Crippen LogP contribution in [0.25, 0.3) is 10.9 Å². The lowest BCUT2D eigenvalue weighted by Gasteiger charge is -2.25. The van der Waals surface area contributed by atoms with Gasteiger partial charge in [-0.05, 0) is 38.4 Å². The molecule has 2 heterocycles. The maximum Gasteiger partial charge on any atom is 0.0731 e. The summed E-state index contributed by atoms with van der Waals surface area (Å²) in [5.41, 5.74) is 1.54. The van der Waals surface area contributed by atoms with Crippen molar-refractivity contribution < 1.29 is 5.11 Å². The van der Waals surface area contributed by atoms with E-state index in [0.29, 0.717) is 6.42 Å². The Labute approximate surface area is 113 Å². The average molecular weight is 259 g/mol. The summed E-state index contributed by atoms with van der Waals surface area (Å²) in [5, 5.41) is 19.9. The van der Waals surface area contributed by atoms with E-state index < -0.39 is 5.60 Å². The number of nitrogens with one attached hydrogen (secondary N) is 1. The lowest BCUT2D eigenvalue weighted by Crippen LogP contribution is -2.32. The van der Waals surface area contributed by atoms with Crippen molar-refractivity contribution in [1.29, 1.82) is 0 Å². The normalized spacial score (nSPS) is 24.5. The van der Waals surface area contributed by atoms with Crippen molar-refractivity contribution in [2.45, 2.75) is 31.3 Å². The van der Waals surface area contributed by atoms with Crippen molar-refractivity contribution in [3.05, 3.63) is 30.0 Å². The SMILES string of the molecule is Cn1nc(CC2(O)CCCNCC2)c2ccccc21. The first kappa shape index (κ1) is 12.6. The number of hydrogen-bond acceptors (Lipinski definition) is 3. The van der Waals surface area contributed by atoms with Crippen LogP contribution >= 0.6 is 0 Å². The van der Waals surface area contributed by atoms with Crippen LogP contribution in [0.15, 0.2) is 24.3 Å².